The second kappa shape index (κ2) is 2.83. The van der Waals surface area contributed by atoms with Crippen LogP contribution in [0.5, 0.6) is 5.75 Å². The van der Waals surface area contributed by atoms with Crippen LogP contribution >= 0.6 is 0 Å². The molecule has 0 amide bonds. The number of rotatable bonds is 0. The highest BCUT2D eigenvalue weighted by Crippen LogP contribution is 2.09. The molecule has 0 spiro atoms. The van der Waals surface area contributed by atoms with Crippen molar-refractivity contribution in [3.63, 3.8) is 0 Å². The summed E-state index contributed by atoms with van der Waals surface area (Å²) >= 11 is 0. The molecule has 2 rings (SSSR count). The Morgan fingerprint density at radius 1 is 1.36 bits per heavy atom. The topological polar surface area (TPSA) is 54.6 Å². The first-order valence-electron chi connectivity index (χ1n) is 4.28. The molecule has 0 saturated heterocycles. The predicted molar refractivity (Wildman–Crippen MR) is 52.6 cm³/mol. The Morgan fingerprint density at radius 3 is 2.79 bits per heavy atom. The Labute approximate surface area is 80.5 Å². The lowest BCUT2D eigenvalue weighted by Gasteiger charge is -2.03. The van der Waals surface area contributed by atoms with Gasteiger partial charge in [0.05, 0.1) is 5.69 Å². The summed E-state index contributed by atoms with van der Waals surface area (Å²) in [6, 6.07) is 3.63. The van der Waals surface area contributed by atoms with E-state index in [0.29, 0.717) is 11.3 Å². The van der Waals surface area contributed by atoms with Crippen molar-refractivity contribution in [1.82, 2.24) is 9.38 Å². The average Bonchev–Trinajstić information content (AvgIpc) is 2.16. The van der Waals surface area contributed by atoms with Crippen molar-refractivity contribution in [2.45, 2.75) is 13.8 Å². The standard InChI is InChI=1S/C10H10N2O2/c1-6-3-4-8-11-7(2)9(13)10(14)12(8)5-6/h3-5,13H,1-2H3. The first kappa shape index (κ1) is 8.74. The molecule has 4 heteroatoms. The fraction of sp³-hybridized carbons (Fsp3) is 0.200. The van der Waals surface area contributed by atoms with E-state index < -0.39 is 5.56 Å². The van der Waals surface area contributed by atoms with Crippen molar-refractivity contribution in [2.24, 2.45) is 0 Å². The molecule has 0 aliphatic carbocycles. The third-order valence-corrected chi connectivity index (χ3v) is 2.12. The van der Waals surface area contributed by atoms with Gasteiger partial charge in [-0.1, -0.05) is 6.07 Å². The second-order valence-corrected chi connectivity index (χ2v) is 3.29. The summed E-state index contributed by atoms with van der Waals surface area (Å²) in [6.07, 6.45) is 1.66. The van der Waals surface area contributed by atoms with E-state index in [4.69, 9.17) is 0 Å². The number of nitrogens with zero attached hydrogens (tertiary/aromatic N) is 2. The Bertz CT molecular complexity index is 558. The third kappa shape index (κ3) is 1.16. The highest BCUT2D eigenvalue weighted by Gasteiger charge is 2.06. The highest BCUT2D eigenvalue weighted by molar-refractivity contribution is 5.43. The van der Waals surface area contributed by atoms with Gasteiger partial charge in [-0.3, -0.25) is 9.20 Å². The highest BCUT2D eigenvalue weighted by atomic mass is 16.3. The van der Waals surface area contributed by atoms with Gasteiger partial charge >= 0.3 is 0 Å². The first-order valence-corrected chi connectivity index (χ1v) is 4.28. The van der Waals surface area contributed by atoms with Crippen LogP contribution in [0, 0.1) is 13.8 Å². The minimum Gasteiger partial charge on any atom is -0.502 e. The van der Waals surface area contributed by atoms with Crippen LogP contribution in [0.4, 0.5) is 0 Å². The van der Waals surface area contributed by atoms with E-state index in [-0.39, 0.29) is 5.75 Å². The lowest BCUT2D eigenvalue weighted by molar-refractivity contribution is 0.457. The van der Waals surface area contributed by atoms with E-state index >= 15 is 0 Å². The van der Waals surface area contributed by atoms with Gasteiger partial charge in [0.25, 0.3) is 5.56 Å². The van der Waals surface area contributed by atoms with Gasteiger partial charge in [0.1, 0.15) is 5.65 Å². The van der Waals surface area contributed by atoms with Crippen LogP contribution in [0.25, 0.3) is 5.65 Å². The maximum absolute atomic E-state index is 11.6. The minimum absolute atomic E-state index is 0.284. The maximum atomic E-state index is 11.6. The first-order chi connectivity index (χ1) is 6.59. The van der Waals surface area contributed by atoms with E-state index in [0.717, 1.165) is 5.56 Å². The van der Waals surface area contributed by atoms with Gasteiger partial charge in [-0.2, -0.15) is 0 Å². The Hall–Kier alpha value is -1.84. The molecule has 0 fully saturated rings. The molecule has 14 heavy (non-hydrogen) atoms. The normalized spacial score (nSPS) is 10.7. The molecule has 0 unspecified atom stereocenters. The zero-order valence-corrected chi connectivity index (χ0v) is 7.98. The smallest absolute Gasteiger partial charge is 0.300 e. The van der Waals surface area contributed by atoms with Gasteiger partial charge in [-0.05, 0) is 25.5 Å². The molecule has 0 bridgehead atoms. The number of pyridine rings is 1. The van der Waals surface area contributed by atoms with Crippen LogP contribution in [0.15, 0.2) is 23.1 Å². The largest absolute Gasteiger partial charge is 0.502 e. The van der Waals surface area contributed by atoms with E-state index in [1.165, 1.54) is 4.40 Å². The van der Waals surface area contributed by atoms with E-state index in [2.05, 4.69) is 4.98 Å². The molecule has 2 aromatic heterocycles. The van der Waals surface area contributed by atoms with Gasteiger partial charge in [-0.15, -0.1) is 0 Å². The quantitative estimate of drug-likeness (QED) is 0.674. The lowest BCUT2D eigenvalue weighted by Crippen LogP contribution is -2.15. The number of hydrogen-bond donors (Lipinski definition) is 1. The van der Waals surface area contributed by atoms with Crippen molar-refractivity contribution in [1.29, 1.82) is 0 Å². The molecular formula is C10H10N2O2. The summed E-state index contributed by atoms with van der Waals surface area (Å²) in [5, 5.41) is 9.40. The molecule has 0 aromatic carbocycles. The molecule has 0 aliphatic heterocycles. The molecule has 0 radical (unpaired) electrons. The number of fused-ring (bicyclic) bond motifs is 1. The molecule has 2 aromatic rings. The zero-order chi connectivity index (χ0) is 10.3. The van der Waals surface area contributed by atoms with Crippen LogP contribution in [-0.4, -0.2) is 14.5 Å². The molecule has 72 valence electrons. The molecular weight excluding hydrogens is 180 g/mol. The number of aryl methyl sites for hydroxylation is 2. The second-order valence-electron chi connectivity index (χ2n) is 3.29. The monoisotopic (exact) mass is 190 g/mol. The van der Waals surface area contributed by atoms with Gasteiger partial charge < -0.3 is 5.11 Å². The molecule has 2 heterocycles. The van der Waals surface area contributed by atoms with Gasteiger partial charge in [0.2, 0.25) is 5.75 Å². The molecule has 0 aliphatic rings. The van der Waals surface area contributed by atoms with E-state index in [1.54, 1.807) is 19.2 Å². The number of aromatic nitrogens is 2. The van der Waals surface area contributed by atoms with Crippen molar-refractivity contribution >= 4 is 5.65 Å². The summed E-state index contributed by atoms with van der Waals surface area (Å²) in [5.41, 5.74) is 1.44. The van der Waals surface area contributed by atoms with Crippen molar-refractivity contribution in [3.8, 4) is 5.75 Å². The zero-order valence-electron chi connectivity index (χ0n) is 7.98. The van der Waals surface area contributed by atoms with Crippen molar-refractivity contribution < 1.29 is 5.11 Å². The molecule has 4 nitrogen and oxygen atoms in total. The summed E-state index contributed by atoms with van der Waals surface area (Å²) in [4.78, 5) is 15.7. The van der Waals surface area contributed by atoms with Crippen LogP contribution < -0.4 is 5.56 Å². The Kier molecular flexibility index (Phi) is 1.77. The van der Waals surface area contributed by atoms with Crippen LogP contribution in [-0.2, 0) is 0 Å². The number of aromatic hydroxyl groups is 1. The SMILES string of the molecule is Cc1ccc2nc(C)c(O)c(=O)n2c1. The van der Waals surface area contributed by atoms with E-state index in [1.807, 2.05) is 13.0 Å². The van der Waals surface area contributed by atoms with Crippen molar-refractivity contribution in [3.05, 3.63) is 39.9 Å². The van der Waals surface area contributed by atoms with E-state index in [9.17, 15) is 9.90 Å². The predicted octanol–water partition coefficient (Wildman–Crippen LogP) is 1.02. The summed E-state index contributed by atoms with van der Waals surface area (Å²) in [5.74, 6) is -0.284. The Morgan fingerprint density at radius 2 is 2.07 bits per heavy atom. The molecule has 0 atom stereocenters. The number of hydrogen-bond acceptors (Lipinski definition) is 3. The Balaban J connectivity index is 2.99. The minimum atomic E-state index is -0.420. The fourth-order valence-electron chi connectivity index (χ4n) is 1.35. The molecule has 0 saturated carbocycles. The van der Waals surface area contributed by atoms with Gasteiger partial charge in [0.15, 0.2) is 0 Å². The fourth-order valence-corrected chi connectivity index (χ4v) is 1.35. The molecule has 1 N–H and O–H groups in total. The van der Waals surface area contributed by atoms with Crippen molar-refractivity contribution in [2.75, 3.05) is 0 Å². The summed E-state index contributed by atoms with van der Waals surface area (Å²) in [6.45, 7) is 3.49. The third-order valence-electron chi connectivity index (χ3n) is 2.12. The van der Waals surface area contributed by atoms with Crippen LogP contribution in [0.3, 0.4) is 0 Å². The lowest BCUT2D eigenvalue weighted by atomic mass is 10.3. The maximum Gasteiger partial charge on any atom is 0.300 e. The summed E-state index contributed by atoms with van der Waals surface area (Å²) in [7, 11) is 0. The van der Waals surface area contributed by atoms with Gasteiger partial charge in [-0.25, -0.2) is 4.98 Å². The summed E-state index contributed by atoms with van der Waals surface area (Å²) < 4.78 is 1.34. The van der Waals surface area contributed by atoms with Crippen LogP contribution in [0.1, 0.15) is 11.3 Å². The average molecular weight is 190 g/mol. The van der Waals surface area contributed by atoms with Crippen LogP contribution in [0.2, 0.25) is 0 Å². The van der Waals surface area contributed by atoms with Gasteiger partial charge in [0, 0.05) is 6.20 Å².